The summed E-state index contributed by atoms with van der Waals surface area (Å²) < 4.78 is 39.5. The Morgan fingerprint density at radius 1 is 1.12 bits per heavy atom. The van der Waals surface area contributed by atoms with Crippen molar-refractivity contribution in [3.63, 3.8) is 0 Å². The van der Waals surface area contributed by atoms with Gasteiger partial charge in [0, 0.05) is 12.7 Å². The number of rotatable bonds is 4. The lowest BCUT2D eigenvalue weighted by Crippen LogP contribution is -2.14. The molecular formula is C17H18N2O5S. The van der Waals surface area contributed by atoms with E-state index >= 15 is 0 Å². The number of ether oxygens (including phenoxy) is 1. The Bertz CT molecular complexity index is 1100. The summed E-state index contributed by atoms with van der Waals surface area (Å²) in [6, 6.07) is 7.68. The number of aromatic nitrogens is 1. The van der Waals surface area contributed by atoms with Gasteiger partial charge >= 0.3 is 5.76 Å². The third-order valence-electron chi connectivity index (χ3n) is 3.99. The number of sulfonamides is 1. The van der Waals surface area contributed by atoms with Crippen LogP contribution in [0.2, 0.25) is 0 Å². The first-order valence-corrected chi connectivity index (χ1v) is 8.99. The van der Waals surface area contributed by atoms with Crippen LogP contribution in [0.5, 0.6) is 5.75 Å². The number of hydrogen-bond donors (Lipinski definition) is 1. The Kier molecular flexibility index (Phi) is 4.08. The third-order valence-corrected chi connectivity index (χ3v) is 5.37. The van der Waals surface area contributed by atoms with Crippen molar-refractivity contribution in [2.75, 3.05) is 11.8 Å². The molecule has 0 saturated carbocycles. The van der Waals surface area contributed by atoms with E-state index in [-0.39, 0.29) is 4.90 Å². The van der Waals surface area contributed by atoms with Crippen LogP contribution < -0.4 is 15.2 Å². The van der Waals surface area contributed by atoms with E-state index in [2.05, 4.69) is 4.72 Å². The van der Waals surface area contributed by atoms with Crippen LogP contribution in [0.25, 0.3) is 11.1 Å². The maximum absolute atomic E-state index is 12.7. The number of methoxy groups -OCH3 is 1. The Morgan fingerprint density at radius 3 is 2.36 bits per heavy atom. The van der Waals surface area contributed by atoms with Gasteiger partial charge in [0.1, 0.15) is 5.75 Å². The smallest absolute Gasteiger partial charge is 0.419 e. The summed E-state index contributed by atoms with van der Waals surface area (Å²) in [7, 11) is -0.718. The van der Waals surface area contributed by atoms with Crippen LogP contribution in [0.4, 0.5) is 5.69 Å². The van der Waals surface area contributed by atoms with Crippen molar-refractivity contribution in [3.8, 4) is 5.75 Å². The molecule has 1 N–H and O–H groups in total. The predicted molar refractivity (Wildman–Crippen MR) is 94.7 cm³/mol. The van der Waals surface area contributed by atoms with Gasteiger partial charge in [0.05, 0.1) is 17.5 Å². The zero-order valence-electron chi connectivity index (χ0n) is 14.3. The molecule has 0 fully saturated rings. The number of anilines is 1. The number of nitrogens with one attached hydrogen (secondary N) is 1. The molecule has 0 atom stereocenters. The molecular weight excluding hydrogens is 344 g/mol. The van der Waals surface area contributed by atoms with Crippen LogP contribution in [-0.4, -0.2) is 20.1 Å². The molecule has 0 aliphatic carbocycles. The second-order valence-corrected chi connectivity index (χ2v) is 7.49. The van der Waals surface area contributed by atoms with E-state index in [0.29, 0.717) is 16.8 Å². The minimum Gasteiger partial charge on any atom is -0.496 e. The second kappa shape index (κ2) is 5.96. The molecule has 0 saturated heterocycles. The molecule has 1 heterocycles. The minimum absolute atomic E-state index is 0.0440. The first-order valence-electron chi connectivity index (χ1n) is 7.50. The van der Waals surface area contributed by atoms with Gasteiger partial charge in [-0.1, -0.05) is 0 Å². The van der Waals surface area contributed by atoms with Gasteiger partial charge in [-0.2, -0.15) is 0 Å². The van der Waals surface area contributed by atoms with Gasteiger partial charge in [-0.15, -0.1) is 0 Å². The summed E-state index contributed by atoms with van der Waals surface area (Å²) in [4.78, 5) is 11.6. The standard InChI is InChI=1S/C17H18N2O5S/c1-10-7-12(8-11(2)16(10)23-4)18-25(21,22)13-5-6-15-14(9-13)19(3)17(20)24-15/h5-9,18H,1-4H3. The normalized spacial score (nSPS) is 11.7. The fourth-order valence-corrected chi connectivity index (χ4v) is 3.88. The molecule has 0 aliphatic rings. The van der Waals surface area contributed by atoms with Crippen molar-refractivity contribution in [1.82, 2.24) is 4.57 Å². The minimum atomic E-state index is -3.81. The molecule has 2 aromatic carbocycles. The predicted octanol–water partition coefficient (Wildman–Crippen LogP) is 2.56. The fraction of sp³-hybridized carbons (Fsp3) is 0.235. The number of nitrogens with zero attached hydrogens (tertiary/aromatic N) is 1. The van der Waals surface area contributed by atoms with Gasteiger partial charge in [-0.05, 0) is 55.3 Å². The van der Waals surface area contributed by atoms with Crippen LogP contribution in [-0.2, 0) is 17.1 Å². The zero-order valence-corrected chi connectivity index (χ0v) is 15.1. The zero-order chi connectivity index (χ0) is 18.4. The highest BCUT2D eigenvalue weighted by Crippen LogP contribution is 2.28. The van der Waals surface area contributed by atoms with Gasteiger partial charge in [0.2, 0.25) is 0 Å². The van der Waals surface area contributed by atoms with E-state index < -0.39 is 15.8 Å². The molecule has 0 amide bonds. The molecule has 0 radical (unpaired) electrons. The van der Waals surface area contributed by atoms with E-state index in [1.54, 1.807) is 19.2 Å². The second-order valence-electron chi connectivity index (χ2n) is 5.81. The largest absolute Gasteiger partial charge is 0.496 e. The van der Waals surface area contributed by atoms with Gasteiger partial charge in [-0.3, -0.25) is 9.29 Å². The maximum atomic E-state index is 12.7. The number of aryl methyl sites for hydroxylation is 3. The monoisotopic (exact) mass is 362 g/mol. The summed E-state index contributed by atoms with van der Waals surface area (Å²) in [5.41, 5.74) is 2.84. The summed E-state index contributed by atoms with van der Waals surface area (Å²) in [6.45, 7) is 3.69. The number of fused-ring (bicyclic) bond motifs is 1. The maximum Gasteiger partial charge on any atom is 0.419 e. The van der Waals surface area contributed by atoms with E-state index in [1.165, 1.54) is 29.8 Å². The Balaban J connectivity index is 2.02. The van der Waals surface area contributed by atoms with Crippen molar-refractivity contribution in [3.05, 3.63) is 52.0 Å². The molecule has 8 heteroatoms. The van der Waals surface area contributed by atoms with Crippen molar-refractivity contribution in [1.29, 1.82) is 0 Å². The Labute approximate surface area is 144 Å². The lowest BCUT2D eigenvalue weighted by atomic mass is 10.1. The van der Waals surface area contributed by atoms with E-state index in [1.807, 2.05) is 13.8 Å². The lowest BCUT2D eigenvalue weighted by Gasteiger charge is -2.13. The van der Waals surface area contributed by atoms with Crippen LogP contribution in [0, 0.1) is 13.8 Å². The van der Waals surface area contributed by atoms with Crippen molar-refractivity contribution in [2.45, 2.75) is 18.7 Å². The molecule has 0 bridgehead atoms. The fourth-order valence-electron chi connectivity index (χ4n) is 2.82. The highest BCUT2D eigenvalue weighted by molar-refractivity contribution is 7.92. The first-order chi connectivity index (χ1) is 11.7. The molecule has 0 unspecified atom stereocenters. The van der Waals surface area contributed by atoms with Crippen LogP contribution in [0.15, 0.2) is 44.4 Å². The Morgan fingerprint density at radius 2 is 1.76 bits per heavy atom. The topological polar surface area (TPSA) is 90.5 Å². The summed E-state index contributed by atoms with van der Waals surface area (Å²) in [5.74, 6) is 0.177. The van der Waals surface area contributed by atoms with Crippen molar-refractivity contribution < 1.29 is 17.6 Å². The van der Waals surface area contributed by atoms with Crippen molar-refractivity contribution >= 4 is 26.8 Å². The van der Waals surface area contributed by atoms with Crippen LogP contribution >= 0.6 is 0 Å². The average Bonchev–Trinajstić information content (AvgIpc) is 2.81. The Hall–Kier alpha value is -2.74. The molecule has 7 nitrogen and oxygen atoms in total. The summed E-state index contributed by atoms with van der Waals surface area (Å²) >= 11 is 0. The highest BCUT2D eigenvalue weighted by atomic mass is 32.2. The third kappa shape index (κ3) is 3.00. The SMILES string of the molecule is COc1c(C)cc(NS(=O)(=O)c2ccc3oc(=O)n(C)c3c2)cc1C. The quantitative estimate of drug-likeness (QED) is 0.770. The number of oxazole rings is 1. The summed E-state index contributed by atoms with van der Waals surface area (Å²) in [5, 5.41) is 0. The molecule has 1 aromatic heterocycles. The van der Waals surface area contributed by atoms with E-state index in [4.69, 9.17) is 9.15 Å². The molecule has 132 valence electrons. The molecule has 0 aliphatic heterocycles. The van der Waals surface area contributed by atoms with E-state index in [0.717, 1.165) is 16.9 Å². The molecule has 3 aromatic rings. The van der Waals surface area contributed by atoms with Gasteiger partial charge in [-0.25, -0.2) is 13.2 Å². The van der Waals surface area contributed by atoms with Crippen molar-refractivity contribution in [2.24, 2.45) is 7.05 Å². The van der Waals surface area contributed by atoms with Crippen LogP contribution in [0.3, 0.4) is 0 Å². The number of hydrogen-bond acceptors (Lipinski definition) is 5. The number of benzene rings is 2. The highest BCUT2D eigenvalue weighted by Gasteiger charge is 2.18. The molecule has 25 heavy (non-hydrogen) atoms. The van der Waals surface area contributed by atoms with E-state index in [9.17, 15) is 13.2 Å². The van der Waals surface area contributed by atoms with Gasteiger partial charge in [0.25, 0.3) is 10.0 Å². The molecule has 0 spiro atoms. The first kappa shape index (κ1) is 17.1. The molecule has 3 rings (SSSR count). The summed E-state index contributed by atoms with van der Waals surface area (Å²) in [6.07, 6.45) is 0. The average molecular weight is 362 g/mol. The van der Waals surface area contributed by atoms with Crippen LogP contribution in [0.1, 0.15) is 11.1 Å². The van der Waals surface area contributed by atoms with Gasteiger partial charge in [0.15, 0.2) is 5.58 Å². The van der Waals surface area contributed by atoms with Gasteiger partial charge < -0.3 is 9.15 Å². The lowest BCUT2D eigenvalue weighted by molar-refractivity contribution is 0.408.